The van der Waals surface area contributed by atoms with E-state index in [4.69, 9.17) is 9.84 Å². The zero-order valence-corrected chi connectivity index (χ0v) is 20.4. The molecule has 188 valence electrons. The molecule has 9 heteroatoms. The quantitative estimate of drug-likeness (QED) is 0.603. The minimum Gasteiger partial charge on any atom is -0.383 e. The minimum atomic E-state index is -0.885. The summed E-state index contributed by atoms with van der Waals surface area (Å²) in [4.78, 5) is 15.4. The normalized spacial score (nSPS) is 24.5. The molecular formula is C26H33F2N5O2. The van der Waals surface area contributed by atoms with Gasteiger partial charge in [-0.15, -0.1) is 0 Å². The number of hydrogen-bond donors (Lipinski definition) is 2. The molecule has 0 aromatic heterocycles. The Balaban J connectivity index is 1.50. The summed E-state index contributed by atoms with van der Waals surface area (Å²) in [7, 11) is 1.64. The van der Waals surface area contributed by atoms with Gasteiger partial charge in [-0.25, -0.2) is 13.6 Å². The SMILES string of the molecule is CCN1N=C(c2ccccc2)C(NC(=O)N[C@@H]2CN(CCOC)C[C@H]2c2ccc(F)c(F)c2)C1C. The summed E-state index contributed by atoms with van der Waals surface area (Å²) in [5, 5.41) is 12.9. The van der Waals surface area contributed by atoms with Crippen LogP contribution in [0.15, 0.2) is 53.6 Å². The third-order valence-corrected chi connectivity index (χ3v) is 6.86. The number of amides is 2. The van der Waals surface area contributed by atoms with Crippen molar-refractivity contribution >= 4 is 11.7 Å². The number of benzene rings is 2. The van der Waals surface area contributed by atoms with E-state index < -0.39 is 11.6 Å². The molecule has 2 aromatic carbocycles. The van der Waals surface area contributed by atoms with Crippen molar-refractivity contribution in [2.24, 2.45) is 5.10 Å². The smallest absolute Gasteiger partial charge is 0.315 e. The Labute approximate surface area is 205 Å². The van der Waals surface area contributed by atoms with Crippen LogP contribution in [0.2, 0.25) is 0 Å². The van der Waals surface area contributed by atoms with Crippen molar-refractivity contribution in [1.82, 2.24) is 20.5 Å². The van der Waals surface area contributed by atoms with Gasteiger partial charge in [-0.2, -0.15) is 5.10 Å². The lowest BCUT2D eigenvalue weighted by atomic mass is 9.94. The zero-order chi connectivity index (χ0) is 24.9. The molecule has 0 aliphatic carbocycles. The molecule has 1 saturated heterocycles. The second-order valence-corrected chi connectivity index (χ2v) is 9.08. The monoisotopic (exact) mass is 485 g/mol. The maximum absolute atomic E-state index is 14.0. The van der Waals surface area contributed by atoms with E-state index in [1.54, 1.807) is 13.2 Å². The van der Waals surface area contributed by atoms with Crippen molar-refractivity contribution in [1.29, 1.82) is 0 Å². The second kappa shape index (κ2) is 11.1. The summed E-state index contributed by atoms with van der Waals surface area (Å²) in [5.74, 6) is -1.94. The van der Waals surface area contributed by atoms with Crippen LogP contribution in [-0.2, 0) is 4.74 Å². The van der Waals surface area contributed by atoms with Crippen molar-refractivity contribution in [2.75, 3.05) is 39.9 Å². The van der Waals surface area contributed by atoms with Gasteiger partial charge in [0, 0.05) is 39.2 Å². The van der Waals surface area contributed by atoms with E-state index in [0.717, 1.165) is 23.9 Å². The Morgan fingerprint density at radius 3 is 2.57 bits per heavy atom. The lowest BCUT2D eigenvalue weighted by Crippen LogP contribution is -2.54. The van der Waals surface area contributed by atoms with E-state index in [2.05, 4.69) is 15.5 Å². The Kier molecular flexibility index (Phi) is 7.97. The number of carbonyl (C=O) groups excluding carboxylic acids is 1. The van der Waals surface area contributed by atoms with E-state index in [1.807, 2.05) is 49.2 Å². The van der Waals surface area contributed by atoms with E-state index in [1.165, 1.54) is 6.07 Å². The Morgan fingerprint density at radius 1 is 1.11 bits per heavy atom. The molecule has 2 amide bonds. The standard InChI is InChI=1S/C26H33F2N5O2/c1-4-33-17(2)24(25(31-33)18-8-6-5-7-9-18)30-26(34)29-23-16-32(12-13-35-3)15-20(23)19-10-11-21(27)22(28)14-19/h5-11,14,17,20,23-24H,4,12-13,15-16H2,1-3H3,(H2,29,30,34)/t17?,20-,23+,24?/m0/s1. The maximum Gasteiger partial charge on any atom is 0.315 e. The topological polar surface area (TPSA) is 69.2 Å². The molecule has 0 radical (unpaired) electrons. The van der Waals surface area contributed by atoms with Crippen LogP contribution in [0.3, 0.4) is 0 Å². The van der Waals surface area contributed by atoms with E-state index in [0.29, 0.717) is 31.8 Å². The summed E-state index contributed by atoms with van der Waals surface area (Å²) in [6, 6.07) is 12.9. The van der Waals surface area contributed by atoms with Crippen LogP contribution in [0, 0.1) is 11.6 Å². The third kappa shape index (κ3) is 5.62. The van der Waals surface area contributed by atoms with Gasteiger partial charge in [0.1, 0.15) is 0 Å². The molecule has 7 nitrogen and oxygen atoms in total. The number of ether oxygens (including phenoxy) is 1. The third-order valence-electron chi connectivity index (χ3n) is 6.86. The van der Waals surface area contributed by atoms with Crippen molar-refractivity contribution in [3.63, 3.8) is 0 Å². The largest absolute Gasteiger partial charge is 0.383 e. The van der Waals surface area contributed by atoms with Crippen LogP contribution in [0.25, 0.3) is 0 Å². The first-order valence-electron chi connectivity index (χ1n) is 12.0. The Morgan fingerprint density at radius 2 is 1.89 bits per heavy atom. The maximum atomic E-state index is 14.0. The van der Waals surface area contributed by atoms with Crippen molar-refractivity contribution in [2.45, 2.75) is 37.9 Å². The number of hydrogen-bond acceptors (Lipinski definition) is 5. The number of urea groups is 1. The number of nitrogens with zero attached hydrogens (tertiary/aromatic N) is 3. The predicted molar refractivity (Wildman–Crippen MR) is 131 cm³/mol. The van der Waals surface area contributed by atoms with Crippen LogP contribution >= 0.6 is 0 Å². The molecule has 2 N–H and O–H groups in total. The molecule has 1 fully saturated rings. The molecule has 2 aromatic rings. The molecule has 2 aliphatic rings. The Hall–Kier alpha value is -3.04. The molecule has 35 heavy (non-hydrogen) atoms. The molecule has 0 saturated carbocycles. The average Bonchev–Trinajstić information content (AvgIpc) is 3.40. The van der Waals surface area contributed by atoms with Gasteiger partial charge < -0.3 is 15.4 Å². The van der Waals surface area contributed by atoms with Crippen LogP contribution in [0.5, 0.6) is 0 Å². The van der Waals surface area contributed by atoms with Crippen LogP contribution in [0.4, 0.5) is 13.6 Å². The van der Waals surface area contributed by atoms with Crippen LogP contribution < -0.4 is 10.6 Å². The predicted octanol–water partition coefficient (Wildman–Crippen LogP) is 3.18. The van der Waals surface area contributed by atoms with Gasteiger partial charge in [-0.05, 0) is 37.1 Å². The van der Waals surface area contributed by atoms with Gasteiger partial charge in [0.05, 0.1) is 30.4 Å². The number of carbonyl (C=O) groups is 1. The van der Waals surface area contributed by atoms with E-state index in [9.17, 15) is 13.6 Å². The van der Waals surface area contributed by atoms with E-state index >= 15 is 0 Å². The number of halogens is 2. The van der Waals surface area contributed by atoms with Gasteiger partial charge in [-0.1, -0.05) is 36.4 Å². The highest BCUT2D eigenvalue weighted by atomic mass is 19.2. The summed E-state index contributed by atoms with van der Waals surface area (Å²) in [6.45, 7) is 7.23. The highest BCUT2D eigenvalue weighted by Crippen LogP contribution is 2.29. The molecular weight excluding hydrogens is 452 g/mol. The summed E-state index contributed by atoms with van der Waals surface area (Å²) < 4.78 is 32.7. The molecule has 2 heterocycles. The number of methoxy groups -OCH3 is 1. The van der Waals surface area contributed by atoms with Gasteiger partial charge in [0.25, 0.3) is 0 Å². The fourth-order valence-corrected chi connectivity index (χ4v) is 4.95. The first-order valence-corrected chi connectivity index (χ1v) is 12.0. The first-order chi connectivity index (χ1) is 16.9. The van der Waals surface area contributed by atoms with Gasteiger partial charge in [0.2, 0.25) is 0 Å². The number of likely N-dealkylation sites (tertiary alicyclic amines) is 1. The fraction of sp³-hybridized carbons (Fsp3) is 0.462. The molecule has 4 atom stereocenters. The number of rotatable bonds is 8. The lowest BCUT2D eigenvalue weighted by Gasteiger charge is -2.26. The highest BCUT2D eigenvalue weighted by Gasteiger charge is 2.38. The number of likely N-dealkylation sites (N-methyl/N-ethyl adjacent to an activating group) is 1. The molecule has 0 bridgehead atoms. The molecule has 2 unspecified atom stereocenters. The minimum absolute atomic E-state index is 0.00951. The molecule has 4 rings (SSSR count). The highest BCUT2D eigenvalue weighted by molar-refractivity contribution is 6.07. The summed E-state index contributed by atoms with van der Waals surface area (Å²) >= 11 is 0. The van der Waals surface area contributed by atoms with Gasteiger partial charge in [-0.3, -0.25) is 9.91 Å². The van der Waals surface area contributed by atoms with Crippen LogP contribution in [0.1, 0.15) is 30.9 Å². The second-order valence-electron chi connectivity index (χ2n) is 9.08. The average molecular weight is 486 g/mol. The summed E-state index contributed by atoms with van der Waals surface area (Å²) in [5.41, 5.74) is 2.44. The van der Waals surface area contributed by atoms with Crippen molar-refractivity contribution < 1.29 is 18.3 Å². The van der Waals surface area contributed by atoms with Gasteiger partial charge >= 0.3 is 6.03 Å². The Bertz CT molecular complexity index is 1050. The van der Waals surface area contributed by atoms with E-state index in [-0.39, 0.29) is 30.1 Å². The van der Waals surface area contributed by atoms with Gasteiger partial charge in [0.15, 0.2) is 11.6 Å². The zero-order valence-electron chi connectivity index (χ0n) is 20.4. The number of hydrazone groups is 1. The summed E-state index contributed by atoms with van der Waals surface area (Å²) in [6.07, 6.45) is 0. The van der Waals surface area contributed by atoms with Crippen LogP contribution in [-0.4, -0.2) is 79.7 Å². The van der Waals surface area contributed by atoms with Crippen molar-refractivity contribution in [3.8, 4) is 0 Å². The van der Waals surface area contributed by atoms with Crippen molar-refractivity contribution in [3.05, 3.63) is 71.3 Å². The number of nitrogens with one attached hydrogen (secondary N) is 2. The lowest BCUT2D eigenvalue weighted by molar-refractivity contribution is 0.159. The molecule has 2 aliphatic heterocycles. The first kappa shape index (κ1) is 25.1. The fourth-order valence-electron chi connectivity index (χ4n) is 4.95. The molecule has 0 spiro atoms.